The van der Waals surface area contributed by atoms with E-state index in [1.807, 2.05) is 30.3 Å². The highest BCUT2D eigenvalue weighted by Gasteiger charge is 2.29. The van der Waals surface area contributed by atoms with Crippen LogP contribution >= 0.6 is 0 Å². The molecule has 6 heteroatoms. The number of nitrogens with one attached hydrogen (secondary N) is 1. The van der Waals surface area contributed by atoms with Crippen molar-refractivity contribution in [3.63, 3.8) is 0 Å². The van der Waals surface area contributed by atoms with Gasteiger partial charge >= 0.3 is 0 Å². The molecule has 1 N–H and O–H groups in total. The Balaban J connectivity index is 1.65. The van der Waals surface area contributed by atoms with E-state index in [4.69, 9.17) is 14.2 Å². The molecule has 3 rings (SSSR count). The summed E-state index contributed by atoms with van der Waals surface area (Å²) in [7, 11) is 1.37. The SMILES string of the molecule is COc1cccc(C(=O)N[C@@H]2CCOC[C@H]2OCc2ccccc2)c1F. The molecule has 1 aliphatic heterocycles. The van der Waals surface area contributed by atoms with Gasteiger partial charge in [-0.2, -0.15) is 0 Å². The van der Waals surface area contributed by atoms with Crippen LogP contribution in [0.4, 0.5) is 4.39 Å². The number of carbonyl (C=O) groups excluding carboxylic acids is 1. The molecule has 0 aromatic heterocycles. The molecule has 0 spiro atoms. The molecule has 0 saturated carbocycles. The number of carbonyl (C=O) groups is 1. The lowest BCUT2D eigenvalue weighted by atomic mass is 10.0. The van der Waals surface area contributed by atoms with Gasteiger partial charge in [-0.15, -0.1) is 0 Å². The van der Waals surface area contributed by atoms with E-state index < -0.39 is 11.7 Å². The third kappa shape index (κ3) is 4.39. The number of hydrogen-bond donors (Lipinski definition) is 1. The Morgan fingerprint density at radius 1 is 1.23 bits per heavy atom. The second-order valence-corrected chi connectivity index (χ2v) is 6.10. The lowest BCUT2D eigenvalue weighted by Crippen LogP contribution is -2.50. The molecule has 0 unspecified atom stereocenters. The number of methoxy groups -OCH3 is 1. The van der Waals surface area contributed by atoms with Crippen molar-refractivity contribution < 1.29 is 23.4 Å². The summed E-state index contributed by atoms with van der Waals surface area (Å²) in [5, 5.41) is 2.87. The van der Waals surface area contributed by atoms with Gasteiger partial charge in [0, 0.05) is 6.61 Å². The smallest absolute Gasteiger partial charge is 0.254 e. The van der Waals surface area contributed by atoms with E-state index >= 15 is 0 Å². The van der Waals surface area contributed by atoms with Crippen LogP contribution in [0.15, 0.2) is 48.5 Å². The van der Waals surface area contributed by atoms with Crippen molar-refractivity contribution >= 4 is 5.91 Å². The van der Waals surface area contributed by atoms with Crippen molar-refractivity contribution in [3.05, 3.63) is 65.5 Å². The van der Waals surface area contributed by atoms with Crippen molar-refractivity contribution in [1.82, 2.24) is 5.32 Å². The van der Waals surface area contributed by atoms with E-state index in [0.29, 0.717) is 26.2 Å². The van der Waals surface area contributed by atoms with Crippen LogP contribution in [0, 0.1) is 5.82 Å². The van der Waals surface area contributed by atoms with E-state index in [0.717, 1.165) is 5.56 Å². The van der Waals surface area contributed by atoms with Gasteiger partial charge in [-0.25, -0.2) is 4.39 Å². The van der Waals surface area contributed by atoms with Gasteiger partial charge < -0.3 is 19.5 Å². The van der Waals surface area contributed by atoms with Crippen LogP contribution in [-0.4, -0.2) is 38.4 Å². The van der Waals surface area contributed by atoms with E-state index in [9.17, 15) is 9.18 Å². The van der Waals surface area contributed by atoms with Crippen LogP contribution in [0.1, 0.15) is 22.3 Å². The lowest BCUT2D eigenvalue weighted by Gasteiger charge is -2.32. The minimum Gasteiger partial charge on any atom is -0.494 e. The molecule has 138 valence electrons. The zero-order valence-electron chi connectivity index (χ0n) is 14.6. The standard InChI is InChI=1S/C20H22FNO4/c1-24-17-9-5-8-15(19(17)21)20(23)22-16-10-11-25-13-18(16)26-12-14-6-3-2-4-7-14/h2-9,16,18H,10-13H2,1H3,(H,22,23)/t16-,18-/m1/s1. The molecule has 1 fully saturated rings. The van der Waals surface area contributed by atoms with E-state index in [1.165, 1.54) is 19.2 Å². The third-order valence-electron chi connectivity index (χ3n) is 4.36. The molecule has 0 aliphatic carbocycles. The fourth-order valence-corrected chi connectivity index (χ4v) is 2.91. The van der Waals surface area contributed by atoms with Crippen molar-refractivity contribution in [2.45, 2.75) is 25.2 Å². The Morgan fingerprint density at radius 3 is 2.81 bits per heavy atom. The summed E-state index contributed by atoms with van der Waals surface area (Å²) < 4.78 is 30.7. The molecule has 1 saturated heterocycles. The number of hydrogen-bond acceptors (Lipinski definition) is 4. The van der Waals surface area contributed by atoms with Crippen LogP contribution < -0.4 is 10.1 Å². The zero-order valence-corrected chi connectivity index (χ0v) is 14.6. The van der Waals surface area contributed by atoms with Crippen molar-refractivity contribution in [2.75, 3.05) is 20.3 Å². The lowest BCUT2D eigenvalue weighted by molar-refractivity contribution is -0.0736. The molecule has 2 atom stereocenters. The summed E-state index contributed by atoms with van der Waals surface area (Å²) in [4.78, 5) is 12.5. The molecular formula is C20H22FNO4. The fourth-order valence-electron chi connectivity index (χ4n) is 2.91. The number of rotatable bonds is 6. The van der Waals surface area contributed by atoms with E-state index in [2.05, 4.69) is 5.32 Å². The molecule has 2 aromatic rings. The second kappa shape index (κ2) is 8.78. The van der Waals surface area contributed by atoms with Gasteiger partial charge in [-0.05, 0) is 24.1 Å². The Morgan fingerprint density at radius 2 is 2.04 bits per heavy atom. The van der Waals surface area contributed by atoms with Crippen LogP contribution in [-0.2, 0) is 16.1 Å². The highest BCUT2D eigenvalue weighted by atomic mass is 19.1. The first-order valence-corrected chi connectivity index (χ1v) is 8.55. The largest absolute Gasteiger partial charge is 0.494 e. The number of benzene rings is 2. The van der Waals surface area contributed by atoms with Gasteiger partial charge in [0.1, 0.15) is 6.10 Å². The van der Waals surface area contributed by atoms with Crippen molar-refractivity contribution in [3.8, 4) is 5.75 Å². The minimum atomic E-state index is -0.665. The van der Waals surface area contributed by atoms with Gasteiger partial charge in [0.05, 0.1) is 31.9 Å². The number of amides is 1. The third-order valence-corrected chi connectivity index (χ3v) is 4.36. The Hall–Kier alpha value is -2.44. The summed E-state index contributed by atoms with van der Waals surface area (Å²) in [5.74, 6) is -1.11. The Kier molecular flexibility index (Phi) is 6.20. The Bertz CT molecular complexity index is 738. The highest BCUT2D eigenvalue weighted by Crippen LogP contribution is 2.21. The Labute approximate surface area is 152 Å². The molecule has 0 bridgehead atoms. The second-order valence-electron chi connectivity index (χ2n) is 6.10. The van der Waals surface area contributed by atoms with Gasteiger partial charge in [0.15, 0.2) is 11.6 Å². The first kappa shape index (κ1) is 18.4. The molecule has 5 nitrogen and oxygen atoms in total. The monoisotopic (exact) mass is 359 g/mol. The summed E-state index contributed by atoms with van der Waals surface area (Å²) in [6.07, 6.45) is 0.318. The van der Waals surface area contributed by atoms with Crippen LogP contribution in [0.5, 0.6) is 5.75 Å². The molecule has 1 aliphatic rings. The summed E-state index contributed by atoms with van der Waals surface area (Å²) >= 11 is 0. The summed E-state index contributed by atoms with van der Waals surface area (Å²) in [6.45, 7) is 1.34. The first-order valence-electron chi connectivity index (χ1n) is 8.55. The van der Waals surface area contributed by atoms with Gasteiger partial charge in [0.25, 0.3) is 5.91 Å². The maximum atomic E-state index is 14.3. The quantitative estimate of drug-likeness (QED) is 0.862. The minimum absolute atomic E-state index is 0.0431. The normalized spacial score (nSPS) is 19.8. The zero-order chi connectivity index (χ0) is 18.4. The number of ether oxygens (including phenoxy) is 3. The van der Waals surface area contributed by atoms with Gasteiger partial charge in [0.2, 0.25) is 0 Å². The van der Waals surface area contributed by atoms with Crippen LogP contribution in [0.3, 0.4) is 0 Å². The highest BCUT2D eigenvalue weighted by molar-refractivity contribution is 5.95. The molecular weight excluding hydrogens is 337 g/mol. The average Bonchev–Trinajstić information content (AvgIpc) is 2.68. The van der Waals surface area contributed by atoms with Crippen LogP contribution in [0.2, 0.25) is 0 Å². The maximum absolute atomic E-state index is 14.3. The predicted octanol–water partition coefficient (Wildman–Crippen LogP) is 2.94. The first-order chi connectivity index (χ1) is 12.7. The van der Waals surface area contributed by atoms with Crippen molar-refractivity contribution in [1.29, 1.82) is 0 Å². The number of halogens is 1. The van der Waals surface area contributed by atoms with Gasteiger partial charge in [-0.1, -0.05) is 36.4 Å². The molecule has 26 heavy (non-hydrogen) atoms. The molecule has 0 radical (unpaired) electrons. The van der Waals surface area contributed by atoms with E-state index in [-0.39, 0.29) is 23.5 Å². The maximum Gasteiger partial charge on any atom is 0.254 e. The summed E-state index contributed by atoms with van der Waals surface area (Å²) in [6, 6.07) is 14.0. The van der Waals surface area contributed by atoms with Crippen molar-refractivity contribution in [2.24, 2.45) is 0 Å². The topological polar surface area (TPSA) is 56.8 Å². The van der Waals surface area contributed by atoms with Crippen LogP contribution in [0.25, 0.3) is 0 Å². The predicted molar refractivity (Wildman–Crippen MR) is 94.7 cm³/mol. The average molecular weight is 359 g/mol. The van der Waals surface area contributed by atoms with Gasteiger partial charge in [-0.3, -0.25) is 4.79 Å². The molecule has 2 aromatic carbocycles. The molecule has 1 heterocycles. The molecule has 1 amide bonds. The van der Waals surface area contributed by atoms with E-state index in [1.54, 1.807) is 6.07 Å². The fraction of sp³-hybridized carbons (Fsp3) is 0.350. The summed E-state index contributed by atoms with van der Waals surface area (Å²) in [5.41, 5.74) is 1.000.